The molecule has 1 saturated carbocycles. The summed E-state index contributed by atoms with van der Waals surface area (Å²) in [5.74, 6) is 0. The molecule has 1 heterocycles. The summed E-state index contributed by atoms with van der Waals surface area (Å²) in [4.78, 5) is 12.1. The molecule has 1 N–H and O–H groups in total. The van der Waals surface area contributed by atoms with Crippen LogP contribution in [0.2, 0.25) is 0 Å². The van der Waals surface area contributed by atoms with Crippen LogP contribution in [0.15, 0.2) is 16.9 Å². The Kier molecular flexibility index (Phi) is 2.91. The van der Waals surface area contributed by atoms with Crippen molar-refractivity contribution in [2.45, 2.75) is 39.3 Å². The van der Waals surface area contributed by atoms with Crippen molar-refractivity contribution >= 4 is 0 Å². The summed E-state index contributed by atoms with van der Waals surface area (Å²) in [6.45, 7) is 5.64. The summed E-state index contributed by atoms with van der Waals surface area (Å²) < 4.78 is 1.95. The molecule has 15 heavy (non-hydrogen) atoms. The summed E-state index contributed by atoms with van der Waals surface area (Å²) in [5, 5.41) is 3.20. The predicted octanol–water partition coefficient (Wildman–Crippen LogP) is 1.60. The molecular formula is C12H18N2O. The zero-order valence-electron chi connectivity index (χ0n) is 9.42. The normalized spacial score (nSPS) is 15.6. The van der Waals surface area contributed by atoms with Gasteiger partial charge >= 0.3 is 0 Å². The number of nitrogens with one attached hydrogen (secondary N) is 1. The Labute approximate surface area is 90.1 Å². The van der Waals surface area contributed by atoms with Gasteiger partial charge in [-0.25, -0.2) is 0 Å². The van der Waals surface area contributed by atoms with Gasteiger partial charge in [-0.05, 0) is 32.4 Å². The summed E-state index contributed by atoms with van der Waals surface area (Å²) in [6, 6.07) is 4.46. The zero-order chi connectivity index (χ0) is 10.8. The minimum atomic E-state index is 0.193. The predicted molar refractivity (Wildman–Crippen MR) is 61.1 cm³/mol. The number of aryl methyl sites for hydroxylation is 1. The highest BCUT2D eigenvalue weighted by atomic mass is 16.1. The van der Waals surface area contributed by atoms with Crippen molar-refractivity contribution in [3.63, 3.8) is 0 Å². The highest BCUT2D eigenvalue weighted by molar-refractivity contribution is 5.17. The van der Waals surface area contributed by atoms with E-state index in [1.54, 1.807) is 0 Å². The molecule has 1 aromatic heterocycles. The Bertz CT molecular complexity index is 405. The van der Waals surface area contributed by atoms with Crippen molar-refractivity contribution < 1.29 is 0 Å². The Morgan fingerprint density at radius 3 is 2.80 bits per heavy atom. The lowest BCUT2D eigenvalue weighted by atomic mass is 10.2. The lowest BCUT2D eigenvalue weighted by molar-refractivity contribution is 0.651. The van der Waals surface area contributed by atoms with E-state index in [1.165, 1.54) is 0 Å². The van der Waals surface area contributed by atoms with Crippen molar-refractivity contribution in [2.75, 3.05) is 6.54 Å². The van der Waals surface area contributed by atoms with Crippen molar-refractivity contribution in [1.29, 1.82) is 0 Å². The molecule has 0 aliphatic heterocycles. The third kappa shape index (κ3) is 2.12. The quantitative estimate of drug-likeness (QED) is 0.812. The van der Waals surface area contributed by atoms with Crippen molar-refractivity contribution in [3.8, 4) is 0 Å². The van der Waals surface area contributed by atoms with E-state index < -0.39 is 0 Å². The molecule has 1 aromatic rings. The minimum absolute atomic E-state index is 0.193. The number of nitrogens with zero attached hydrogens (tertiary/aromatic N) is 1. The van der Waals surface area contributed by atoms with Crippen molar-refractivity contribution in [2.24, 2.45) is 0 Å². The molecule has 0 amide bonds. The number of aromatic nitrogens is 1. The second kappa shape index (κ2) is 4.19. The fourth-order valence-electron chi connectivity index (χ4n) is 1.87. The molecule has 0 saturated heterocycles. The molecule has 1 aliphatic rings. The maximum absolute atomic E-state index is 12.1. The summed E-state index contributed by atoms with van der Waals surface area (Å²) >= 11 is 0. The van der Waals surface area contributed by atoms with E-state index in [-0.39, 0.29) is 5.56 Å². The highest BCUT2D eigenvalue weighted by Crippen LogP contribution is 2.34. The first kappa shape index (κ1) is 10.4. The molecule has 0 aromatic carbocycles. The molecule has 1 fully saturated rings. The first-order valence-corrected chi connectivity index (χ1v) is 5.65. The molecule has 0 atom stereocenters. The molecule has 82 valence electrons. The van der Waals surface area contributed by atoms with E-state index in [2.05, 4.69) is 5.32 Å². The Hall–Kier alpha value is -1.09. The molecule has 1 aliphatic carbocycles. The first-order valence-electron chi connectivity index (χ1n) is 5.65. The average Bonchev–Trinajstić information content (AvgIpc) is 3.01. The van der Waals surface area contributed by atoms with E-state index in [0.29, 0.717) is 12.6 Å². The fraction of sp³-hybridized carbons (Fsp3) is 0.583. The number of hydrogen-bond acceptors (Lipinski definition) is 2. The highest BCUT2D eigenvalue weighted by Gasteiger charge is 2.26. The summed E-state index contributed by atoms with van der Waals surface area (Å²) in [5.41, 5.74) is 2.16. The minimum Gasteiger partial charge on any atom is -0.313 e. The van der Waals surface area contributed by atoms with Crippen LogP contribution in [0.1, 0.15) is 37.1 Å². The van der Waals surface area contributed by atoms with Crippen molar-refractivity contribution in [3.05, 3.63) is 33.7 Å². The number of hydrogen-bond donors (Lipinski definition) is 1. The van der Waals surface area contributed by atoms with Gasteiger partial charge in [0.2, 0.25) is 0 Å². The molecule has 0 radical (unpaired) electrons. The maximum atomic E-state index is 12.1. The molecular weight excluding hydrogens is 188 g/mol. The molecule has 0 unspecified atom stereocenters. The topological polar surface area (TPSA) is 34.0 Å². The van der Waals surface area contributed by atoms with Gasteiger partial charge in [-0.3, -0.25) is 4.79 Å². The Balaban J connectivity index is 2.32. The summed E-state index contributed by atoms with van der Waals surface area (Å²) in [6.07, 6.45) is 2.32. The fourth-order valence-corrected chi connectivity index (χ4v) is 1.87. The van der Waals surface area contributed by atoms with E-state index in [9.17, 15) is 4.79 Å². The standard InChI is InChI=1S/C12H18N2O/c1-3-13-8-10-5-4-9(2)14(12(10)15)11-6-7-11/h4-5,11,13H,3,6-8H2,1-2H3. The third-order valence-electron chi connectivity index (χ3n) is 2.88. The molecule has 0 bridgehead atoms. The van der Waals surface area contributed by atoms with Gasteiger partial charge in [0, 0.05) is 23.8 Å². The van der Waals surface area contributed by atoms with Crippen LogP contribution in [0, 0.1) is 6.92 Å². The van der Waals surface area contributed by atoms with Crippen LogP contribution < -0.4 is 10.9 Å². The van der Waals surface area contributed by atoms with E-state index in [0.717, 1.165) is 30.6 Å². The van der Waals surface area contributed by atoms with Gasteiger partial charge in [0.05, 0.1) is 0 Å². The second-order valence-electron chi connectivity index (χ2n) is 4.19. The van der Waals surface area contributed by atoms with Crippen LogP contribution in [0.25, 0.3) is 0 Å². The lowest BCUT2D eigenvalue weighted by Gasteiger charge is -2.10. The second-order valence-corrected chi connectivity index (χ2v) is 4.19. The Morgan fingerprint density at radius 2 is 2.20 bits per heavy atom. The Morgan fingerprint density at radius 1 is 1.47 bits per heavy atom. The van der Waals surface area contributed by atoms with E-state index in [1.807, 2.05) is 30.5 Å². The van der Waals surface area contributed by atoms with Gasteiger partial charge in [-0.1, -0.05) is 13.0 Å². The van der Waals surface area contributed by atoms with Crippen LogP contribution in [0.3, 0.4) is 0 Å². The number of pyridine rings is 1. The average molecular weight is 206 g/mol. The maximum Gasteiger partial charge on any atom is 0.255 e. The van der Waals surface area contributed by atoms with Gasteiger partial charge in [-0.2, -0.15) is 0 Å². The van der Waals surface area contributed by atoms with Crippen LogP contribution in [0.4, 0.5) is 0 Å². The van der Waals surface area contributed by atoms with Gasteiger partial charge in [0.15, 0.2) is 0 Å². The zero-order valence-corrected chi connectivity index (χ0v) is 9.42. The molecule has 0 spiro atoms. The molecule has 3 heteroatoms. The van der Waals surface area contributed by atoms with Crippen molar-refractivity contribution in [1.82, 2.24) is 9.88 Å². The molecule has 2 rings (SSSR count). The van der Waals surface area contributed by atoms with Gasteiger partial charge < -0.3 is 9.88 Å². The van der Waals surface area contributed by atoms with E-state index in [4.69, 9.17) is 0 Å². The third-order valence-corrected chi connectivity index (χ3v) is 2.88. The van der Waals surface area contributed by atoms with Crippen LogP contribution >= 0.6 is 0 Å². The van der Waals surface area contributed by atoms with Gasteiger partial charge in [0.1, 0.15) is 0 Å². The lowest BCUT2D eigenvalue weighted by Crippen LogP contribution is -2.27. The summed E-state index contributed by atoms with van der Waals surface area (Å²) in [7, 11) is 0. The monoisotopic (exact) mass is 206 g/mol. The van der Waals surface area contributed by atoms with Crippen LogP contribution in [0.5, 0.6) is 0 Å². The van der Waals surface area contributed by atoms with Gasteiger partial charge in [0.25, 0.3) is 5.56 Å². The van der Waals surface area contributed by atoms with Crippen LogP contribution in [-0.2, 0) is 6.54 Å². The number of rotatable bonds is 4. The largest absolute Gasteiger partial charge is 0.313 e. The molecule has 3 nitrogen and oxygen atoms in total. The first-order chi connectivity index (χ1) is 7.24. The van der Waals surface area contributed by atoms with Gasteiger partial charge in [-0.15, -0.1) is 0 Å². The van der Waals surface area contributed by atoms with E-state index >= 15 is 0 Å². The smallest absolute Gasteiger partial charge is 0.255 e. The SMILES string of the molecule is CCNCc1ccc(C)n(C2CC2)c1=O. The van der Waals surface area contributed by atoms with Crippen LogP contribution in [-0.4, -0.2) is 11.1 Å².